The van der Waals surface area contributed by atoms with Gasteiger partial charge in [-0.15, -0.1) is 0 Å². The predicted octanol–water partition coefficient (Wildman–Crippen LogP) is 2.10. The van der Waals surface area contributed by atoms with Gasteiger partial charge in [-0.25, -0.2) is 9.97 Å². The van der Waals surface area contributed by atoms with Gasteiger partial charge in [0.2, 0.25) is 0 Å². The normalized spacial score (nSPS) is 10.9. The predicted molar refractivity (Wildman–Crippen MR) is 72.4 cm³/mol. The first-order chi connectivity index (χ1) is 8.11. The van der Waals surface area contributed by atoms with Crippen LogP contribution in [0.25, 0.3) is 0 Å². The maximum Gasteiger partial charge on any atom is 0.129 e. The Morgan fingerprint density at radius 1 is 1.24 bits per heavy atom. The molecule has 0 saturated carbocycles. The smallest absolute Gasteiger partial charge is 0.129 e. The molecule has 1 heterocycles. The number of aromatic nitrogens is 2. The summed E-state index contributed by atoms with van der Waals surface area (Å²) in [5, 5.41) is 3.36. The molecule has 0 bridgehead atoms. The fraction of sp³-hybridized carbons (Fsp3) is 0.692. The lowest BCUT2D eigenvalue weighted by molar-refractivity contribution is 0.396. The third-order valence-corrected chi connectivity index (χ3v) is 2.59. The van der Waals surface area contributed by atoms with E-state index >= 15 is 0 Å². The summed E-state index contributed by atoms with van der Waals surface area (Å²) in [5.74, 6) is 1.80. The first-order valence-corrected chi connectivity index (χ1v) is 6.35. The number of nitrogens with zero attached hydrogens (tertiary/aromatic N) is 3. The zero-order valence-electron chi connectivity index (χ0n) is 11.5. The molecule has 0 amide bonds. The SMILES string of the molecule is CCc1cc(NCCCCN(C)C)nc(C)n1. The Labute approximate surface area is 104 Å². The number of aryl methyl sites for hydroxylation is 2. The Bertz CT molecular complexity index is 336. The van der Waals surface area contributed by atoms with E-state index in [2.05, 4.69) is 41.2 Å². The molecule has 0 aliphatic heterocycles. The molecule has 0 saturated heterocycles. The third kappa shape index (κ3) is 5.63. The van der Waals surface area contributed by atoms with Crippen molar-refractivity contribution < 1.29 is 0 Å². The molecule has 0 spiro atoms. The van der Waals surface area contributed by atoms with Crippen LogP contribution in [0.3, 0.4) is 0 Å². The number of anilines is 1. The number of hydrogen-bond acceptors (Lipinski definition) is 4. The maximum atomic E-state index is 4.38. The molecule has 17 heavy (non-hydrogen) atoms. The summed E-state index contributed by atoms with van der Waals surface area (Å²) in [5.41, 5.74) is 1.10. The molecule has 4 heteroatoms. The highest BCUT2D eigenvalue weighted by Crippen LogP contribution is 2.07. The van der Waals surface area contributed by atoms with Crippen LogP contribution in [-0.4, -0.2) is 42.1 Å². The molecule has 0 aromatic carbocycles. The van der Waals surface area contributed by atoms with Crippen LogP contribution in [0.1, 0.15) is 31.3 Å². The minimum absolute atomic E-state index is 0.847. The fourth-order valence-electron chi connectivity index (χ4n) is 1.67. The van der Waals surface area contributed by atoms with Crippen LogP contribution in [0.15, 0.2) is 6.07 Å². The average molecular weight is 236 g/mol. The molecule has 1 N–H and O–H groups in total. The van der Waals surface area contributed by atoms with Crippen molar-refractivity contribution in [1.29, 1.82) is 0 Å². The van der Waals surface area contributed by atoms with Crippen LogP contribution >= 0.6 is 0 Å². The molecule has 4 nitrogen and oxygen atoms in total. The Balaban J connectivity index is 2.33. The van der Waals surface area contributed by atoms with Crippen LogP contribution in [0, 0.1) is 6.92 Å². The zero-order chi connectivity index (χ0) is 12.7. The van der Waals surface area contributed by atoms with Gasteiger partial charge < -0.3 is 10.2 Å². The van der Waals surface area contributed by atoms with Crippen LogP contribution in [-0.2, 0) is 6.42 Å². The second-order valence-corrected chi connectivity index (χ2v) is 4.58. The summed E-state index contributed by atoms with van der Waals surface area (Å²) in [6, 6.07) is 2.04. The fourth-order valence-corrected chi connectivity index (χ4v) is 1.67. The van der Waals surface area contributed by atoms with E-state index in [0.29, 0.717) is 0 Å². The summed E-state index contributed by atoms with van der Waals surface area (Å²) in [6.07, 6.45) is 3.34. The standard InChI is InChI=1S/C13H24N4/c1-5-12-10-13(16-11(2)15-12)14-8-6-7-9-17(3)4/h10H,5-9H2,1-4H3,(H,14,15,16). The lowest BCUT2D eigenvalue weighted by atomic mass is 10.3. The van der Waals surface area contributed by atoms with Crippen LogP contribution < -0.4 is 5.32 Å². The highest BCUT2D eigenvalue weighted by molar-refractivity contribution is 5.35. The van der Waals surface area contributed by atoms with E-state index in [1.807, 2.05) is 13.0 Å². The summed E-state index contributed by atoms with van der Waals surface area (Å²) in [6.45, 7) is 6.18. The van der Waals surface area contributed by atoms with Crippen molar-refractivity contribution in [3.8, 4) is 0 Å². The molecule has 0 unspecified atom stereocenters. The molecule has 0 atom stereocenters. The van der Waals surface area contributed by atoms with E-state index in [0.717, 1.165) is 36.8 Å². The van der Waals surface area contributed by atoms with Crippen molar-refractivity contribution in [3.63, 3.8) is 0 Å². The van der Waals surface area contributed by atoms with E-state index in [-0.39, 0.29) is 0 Å². The van der Waals surface area contributed by atoms with Gasteiger partial charge in [-0.1, -0.05) is 6.92 Å². The lowest BCUT2D eigenvalue weighted by Gasteiger charge is -2.10. The van der Waals surface area contributed by atoms with Gasteiger partial charge in [-0.05, 0) is 46.8 Å². The monoisotopic (exact) mass is 236 g/mol. The van der Waals surface area contributed by atoms with Crippen molar-refractivity contribution in [3.05, 3.63) is 17.6 Å². The van der Waals surface area contributed by atoms with Crippen molar-refractivity contribution in [2.45, 2.75) is 33.1 Å². The highest BCUT2D eigenvalue weighted by atomic mass is 15.1. The number of hydrogen-bond donors (Lipinski definition) is 1. The first kappa shape index (κ1) is 13.9. The molecule has 0 aliphatic carbocycles. The lowest BCUT2D eigenvalue weighted by Crippen LogP contribution is -2.14. The van der Waals surface area contributed by atoms with Crippen LogP contribution in [0.2, 0.25) is 0 Å². The summed E-state index contributed by atoms with van der Waals surface area (Å²) >= 11 is 0. The van der Waals surface area contributed by atoms with Gasteiger partial charge in [-0.3, -0.25) is 0 Å². The van der Waals surface area contributed by atoms with Gasteiger partial charge in [0.1, 0.15) is 11.6 Å². The van der Waals surface area contributed by atoms with Gasteiger partial charge in [0, 0.05) is 18.3 Å². The van der Waals surface area contributed by atoms with Crippen LogP contribution in [0.5, 0.6) is 0 Å². The Morgan fingerprint density at radius 2 is 2.00 bits per heavy atom. The second-order valence-electron chi connectivity index (χ2n) is 4.58. The molecular formula is C13H24N4. The number of nitrogens with one attached hydrogen (secondary N) is 1. The average Bonchev–Trinajstić information content (AvgIpc) is 2.27. The maximum absolute atomic E-state index is 4.38. The first-order valence-electron chi connectivity index (χ1n) is 6.35. The largest absolute Gasteiger partial charge is 0.370 e. The quantitative estimate of drug-likeness (QED) is 0.736. The molecule has 1 aromatic heterocycles. The van der Waals surface area contributed by atoms with Gasteiger partial charge in [-0.2, -0.15) is 0 Å². The summed E-state index contributed by atoms with van der Waals surface area (Å²) in [4.78, 5) is 11.0. The zero-order valence-corrected chi connectivity index (χ0v) is 11.5. The molecule has 0 aliphatic rings. The highest BCUT2D eigenvalue weighted by Gasteiger charge is 1.99. The van der Waals surface area contributed by atoms with Gasteiger partial charge in [0.25, 0.3) is 0 Å². The van der Waals surface area contributed by atoms with E-state index in [1.165, 1.54) is 12.8 Å². The minimum atomic E-state index is 0.847. The second kappa shape index (κ2) is 7.22. The Hall–Kier alpha value is -1.16. The molecule has 1 rings (SSSR count). The van der Waals surface area contributed by atoms with E-state index in [4.69, 9.17) is 0 Å². The molecule has 96 valence electrons. The van der Waals surface area contributed by atoms with E-state index < -0.39 is 0 Å². The summed E-state index contributed by atoms with van der Waals surface area (Å²) < 4.78 is 0. The number of unbranched alkanes of at least 4 members (excludes halogenated alkanes) is 1. The molecule has 1 aromatic rings. The van der Waals surface area contributed by atoms with E-state index in [1.54, 1.807) is 0 Å². The molecular weight excluding hydrogens is 212 g/mol. The van der Waals surface area contributed by atoms with Crippen LogP contribution in [0.4, 0.5) is 5.82 Å². The number of rotatable bonds is 7. The Kier molecular flexibility index (Phi) is 5.91. The summed E-state index contributed by atoms with van der Waals surface area (Å²) in [7, 11) is 4.21. The minimum Gasteiger partial charge on any atom is -0.370 e. The topological polar surface area (TPSA) is 41.0 Å². The van der Waals surface area contributed by atoms with Crippen molar-refractivity contribution in [2.75, 3.05) is 32.5 Å². The molecule has 0 fully saturated rings. The Morgan fingerprint density at radius 3 is 2.65 bits per heavy atom. The van der Waals surface area contributed by atoms with Gasteiger partial charge in [0.15, 0.2) is 0 Å². The molecule has 0 radical (unpaired) electrons. The van der Waals surface area contributed by atoms with E-state index in [9.17, 15) is 0 Å². The third-order valence-electron chi connectivity index (χ3n) is 2.59. The van der Waals surface area contributed by atoms with Crippen molar-refractivity contribution in [1.82, 2.24) is 14.9 Å². The van der Waals surface area contributed by atoms with Gasteiger partial charge >= 0.3 is 0 Å². The van der Waals surface area contributed by atoms with Gasteiger partial charge in [0.05, 0.1) is 0 Å². The van der Waals surface area contributed by atoms with Crippen molar-refractivity contribution in [2.24, 2.45) is 0 Å². The van der Waals surface area contributed by atoms with Crippen molar-refractivity contribution >= 4 is 5.82 Å².